The van der Waals surface area contributed by atoms with Gasteiger partial charge < -0.3 is 0 Å². The van der Waals surface area contributed by atoms with Gasteiger partial charge in [-0.15, -0.1) is 0 Å². The van der Waals surface area contributed by atoms with Crippen LogP contribution in [0.1, 0.15) is 13.8 Å². The Hall–Kier alpha value is -0.850. The van der Waals surface area contributed by atoms with Crippen LogP contribution in [-0.4, -0.2) is 12.8 Å². The first-order valence-electron chi connectivity index (χ1n) is 2.88. The quantitative estimate of drug-likeness (QED) is 0.394. The molecule has 0 heterocycles. The molecule has 1 heteroatoms. The largest absolute Gasteiger partial charge is 0.293 e. The zero-order valence-corrected chi connectivity index (χ0v) is 6.36. The predicted octanol–water partition coefficient (Wildman–Crippen LogP) is 2.21. The van der Waals surface area contributed by atoms with Crippen molar-refractivity contribution in [2.45, 2.75) is 13.8 Å². The average molecular weight is 123 g/mol. The van der Waals surface area contributed by atoms with Crippen LogP contribution >= 0.6 is 0 Å². The molecule has 50 valence electrons. The van der Waals surface area contributed by atoms with Crippen molar-refractivity contribution in [3.8, 4) is 0 Å². The van der Waals surface area contributed by atoms with Crippen molar-refractivity contribution in [1.29, 1.82) is 0 Å². The van der Waals surface area contributed by atoms with Gasteiger partial charge in [0.15, 0.2) is 0 Å². The molecule has 0 aromatic carbocycles. The Morgan fingerprint density at radius 3 is 1.78 bits per heavy atom. The summed E-state index contributed by atoms with van der Waals surface area (Å²) >= 11 is 0. The lowest BCUT2D eigenvalue weighted by Crippen LogP contribution is -1.95. The number of aliphatic imine (C=N–C) groups is 1. The Balaban J connectivity index is 4.23. The normalized spacial score (nSPS) is 11.2. The zero-order chi connectivity index (χ0) is 7.44. The standard InChI is InChI=1S/C8H13N/c1-6(2)7(3)8(4)9-5/h1,3H2,2,4-5H3. The first kappa shape index (κ1) is 8.15. The summed E-state index contributed by atoms with van der Waals surface area (Å²) in [4.78, 5) is 3.97. The predicted molar refractivity (Wildman–Crippen MR) is 43.0 cm³/mol. The maximum atomic E-state index is 3.97. The minimum absolute atomic E-state index is 0.942. The van der Waals surface area contributed by atoms with Gasteiger partial charge in [-0.25, -0.2) is 0 Å². The molecule has 0 aliphatic heterocycles. The van der Waals surface area contributed by atoms with Crippen molar-refractivity contribution < 1.29 is 0 Å². The number of allylic oxidation sites excluding steroid dienone is 2. The molecule has 0 spiro atoms. The van der Waals surface area contributed by atoms with Gasteiger partial charge in [-0.05, 0) is 25.0 Å². The summed E-state index contributed by atoms with van der Waals surface area (Å²) in [6.07, 6.45) is 0. The van der Waals surface area contributed by atoms with E-state index in [1.165, 1.54) is 0 Å². The summed E-state index contributed by atoms with van der Waals surface area (Å²) < 4.78 is 0. The number of nitrogens with zero attached hydrogens (tertiary/aromatic N) is 1. The number of hydrogen-bond acceptors (Lipinski definition) is 1. The highest BCUT2D eigenvalue weighted by Gasteiger charge is 1.95. The Morgan fingerprint density at radius 1 is 1.22 bits per heavy atom. The number of rotatable bonds is 2. The topological polar surface area (TPSA) is 12.4 Å². The van der Waals surface area contributed by atoms with E-state index in [1.54, 1.807) is 7.05 Å². The molecule has 0 rings (SSSR count). The van der Waals surface area contributed by atoms with Crippen molar-refractivity contribution in [3.05, 3.63) is 24.3 Å². The minimum Gasteiger partial charge on any atom is -0.293 e. The Labute approximate surface area is 56.8 Å². The van der Waals surface area contributed by atoms with Gasteiger partial charge in [-0.3, -0.25) is 4.99 Å². The van der Waals surface area contributed by atoms with Gasteiger partial charge in [-0.2, -0.15) is 0 Å². The van der Waals surface area contributed by atoms with Crippen LogP contribution in [0.3, 0.4) is 0 Å². The molecule has 0 aromatic heterocycles. The van der Waals surface area contributed by atoms with Gasteiger partial charge in [0.2, 0.25) is 0 Å². The van der Waals surface area contributed by atoms with E-state index in [0.29, 0.717) is 0 Å². The molecular weight excluding hydrogens is 110 g/mol. The van der Waals surface area contributed by atoms with Crippen LogP contribution in [0.5, 0.6) is 0 Å². The van der Waals surface area contributed by atoms with Crippen LogP contribution in [0.25, 0.3) is 0 Å². The van der Waals surface area contributed by atoms with Crippen molar-refractivity contribution in [3.63, 3.8) is 0 Å². The summed E-state index contributed by atoms with van der Waals surface area (Å²) in [6.45, 7) is 11.4. The van der Waals surface area contributed by atoms with E-state index in [1.807, 2.05) is 13.8 Å². The van der Waals surface area contributed by atoms with Crippen LogP contribution in [0.2, 0.25) is 0 Å². The minimum atomic E-state index is 0.942. The maximum absolute atomic E-state index is 3.97. The molecule has 0 saturated heterocycles. The van der Waals surface area contributed by atoms with Crippen molar-refractivity contribution in [1.82, 2.24) is 0 Å². The highest BCUT2D eigenvalue weighted by Crippen LogP contribution is 2.04. The van der Waals surface area contributed by atoms with Gasteiger partial charge in [0.1, 0.15) is 0 Å². The third-order valence-corrected chi connectivity index (χ3v) is 1.29. The van der Waals surface area contributed by atoms with Crippen molar-refractivity contribution in [2.75, 3.05) is 7.05 Å². The second-order valence-electron chi connectivity index (χ2n) is 2.07. The third-order valence-electron chi connectivity index (χ3n) is 1.29. The molecule has 1 nitrogen and oxygen atoms in total. The van der Waals surface area contributed by atoms with E-state index in [0.717, 1.165) is 16.9 Å². The van der Waals surface area contributed by atoms with Crippen LogP contribution in [0, 0.1) is 0 Å². The first-order valence-corrected chi connectivity index (χ1v) is 2.88. The van der Waals surface area contributed by atoms with E-state index in [9.17, 15) is 0 Å². The fourth-order valence-corrected chi connectivity index (χ4v) is 0.444. The molecule has 0 aliphatic carbocycles. The lowest BCUT2D eigenvalue weighted by atomic mass is 10.1. The monoisotopic (exact) mass is 123 g/mol. The first-order chi connectivity index (χ1) is 4.09. The van der Waals surface area contributed by atoms with Crippen molar-refractivity contribution >= 4 is 5.71 Å². The van der Waals surface area contributed by atoms with Gasteiger partial charge in [-0.1, -0.05) is 13.2 Å². The number of hydrogen-bond donors (Lipinski definition) is 0. The lowest BCUT2D eigenvalue weighted by Gasteiger charge is -2.00. The molecule has 0 unspecified atom stereocenters. The molecule has 0 bridgehead atoms. The van der Waals surface area contributed by atoms with Crippen LogP contribution in [0.15, 0.2) is 29.3 Å². The third kappa shape index (κ3) is 2.27. The summed E-state index contributed by atoms with van der Waals surface area (Å²) in [7, 11) is 1.75. The van der Waals surface area contributed by atoms with Crippen molar-refractivity contribution in [2.24, 2.45) is 4.99 Å². The Kier molecular flexibility index (Phi) is 2.93. The van der Waals surface area contributed by atoms with E-state index >= 15 is 0 Å². The molecule has 0 aromatic rings. The second kappa shape index (κ2) is 3.23. The van der Waals surface area contributed by atoms with E-state index < -0.39 is 0 Å². The SMILES string of the molecule is C=C(C)C(=C)C(C)=NC. The average Bonchev–Trinajstić information content (AvgIpc) is 1.84. The van der Waals surface area contributed by atoms with E-state index in [-0.39, 0.29) is 0 Å². The van der Waals surface area contributed by atoms with Crippen LogP contribution in [0.4, 0.5) is 0 Å². The summed E-state index contributed by atoms with van der Waals surface area (Å²) in [5, 5.41) is 0. The fourth-order valence-electron chi connectivity index (χ4n) is 0.444. The highest BCUT2D eigenvalue weighted by molar-refractivity contribution is 6.01. The summed E-state index contributed by atoms with van der Waals surface area (Å²) in [5.74, 6) is 0. The molecule has 0 fully saturated rings. The maximum Gasteiger partial charge on any atom is 0.0382 e. The lowest BCUT2D eigenvalue weighted by molar-refractivity contribution is 1.39. The summed E-state index contributed by atoms with van der Waals surface area (Å²) in [5.41, 5.74) is 2.89. The molecule has 9 heavy (non-hydrogen) atoms. The van der Waals surface area contributed by atoms with Crippen LogP contribution in [-0.2, 0) is 0 Å². The van der Waals surface area contributed by atoms with Crippen LogP contribution < -0.4 is 0 Å². The molecule has 0 aliphatic rings. The smallest absolute Gasteiger partial charge is 0.0382 e. The second-order valence-corrected chi connectivity index (χ2v) is 2.07. The van der Waals surface area contributed by atoms with Gasteiger partial charge in [0.25, 0.3) is 0 Å². The zero-order valence-electron chi connectivity index (χ0n) is 6.36. The highest BCUT2D eigenvalue weighted by atomic mass is 14.7. The molecule has 0 N–H and O–H groups in total. The van der Waals surface area contributed by atoms with Gasteiger partial charge >= 0.3 is 0 Å². The molecular formula is C8H13N. The molecule has 0 radical (unpaired) electrons. The van der Waals surface area contributed by atoms with Gasteiger partial charge in [0.05, 0.1) is 0 Å². The molecule has 0 amide bonds. The molecule has 0 saturated carbocycles. The molecule has 0 atom stereocenters. The van der Waals surface area contributed by atoms with E-state index in [4.69, 9.17) is 0 Å². The summed E-state index contributed by atoms with van der Waals surface area (Å²) in [6, 6.07) is 0. The fraction of sp³-hybridized carbons (Fsp3) is 0.375. The van der Waals surface area contributed by atoms with Gasteiger partial charge in [0, 0.05) is 12.8 Å². The Morgan fingerprint density at radius 2 is 1.67 bits per heavy atom. The Bertz CT molecular complexity index is 163. The van der Waals surface area contributed by atoms with E-state index in [2.05, 4.69) is 18.2 Å².